The summed E-state index contributed by atoms with van der Waals surface area (Å²) in [5.41, 5.74) is 0.949. The molecule has 1 heterocycles. The second kappa shape index (κ2) is 11.0. The largest absolute Gasteiger partial charge is 0.447 e. The van der Waals surface area contributed by atoms with Gasteiger partial charge < -0.3 is 14.8 Å². The highest BCUT2D eigenvalue weighted by molar-refractivity contribution is 5.99. The molecule has 0 aliphatic carbocycles. The third-order valence-corrected chi connectivity index (χ3v) is 5.11. The molecule has 1 saturated heterocycles. The Bertz CT molecular complexity index is 1030. The summed E-state index contributed by atoms with van der Waals surface area (Å²) >= 11 is 0. The zero-order chi connectivity index (χ0) is 24.7. The van der Waals surface area contributed by atoms with Gasteiger partial charge in [0, 0.05) is 0 Å². The zero-order valence-electron chi connectivity index (χ0n) is 19.5. The molecule has 1 aliphatic heterocycles. The molecule has 2 atom stereocenters. The second-order valence-corrected chi connectivity index (χ2v) is 9.02. The van der Waals surface area contributed by atoms with E-state index < -0.39 is 41.6 Å². The first kappa shape index (κ1) is 25.0. The molecule has 2 aromatic rings. The highest BCUT2D eigenvalue weighted by atomic mass is 19.1. The number of halogens is 1. The van der Waals surface area contributed by atoms with Crippen LogP contribution in [0.2, 0.25) is 0 Å². The van der Waals surface area contributed by atoms with Crippen molar-refractivity contribution in [3.63, 3.8) is 0 Å². The van der Waals surface area contributed by atoms with E-state index in [2.05, 4.69) is 5.32 Å². The predicted molar refractivity (Wildman–Crippen MR) is 124 cm³/mol. The van der Waals surface area contributed by atoms with Gasteiger partial charge in [0.05, 0.1) is 12.1 Å². The quantitative estimate of drug-likeness (QED) is 0.583. The summed E-state index contributed by atoms with van der Waals surface area (Å²) in [5, 5.41) is 2.75. The Balaban J connectivity index is 1.68. The molecule has 0 spiro atoms. The number of nitrogens with one attached hydrogen (secondary N) is 1. The van der Waals surface area contributed by atoms with Gasteiger partial charge in [-0.2, -0.15) is 0 Å². The summed E-state index contributed by atoms with van der Waals surface area (Å²) in [7, 11) is 0. The van der Waals surface area contributed by atoms with Crippen molar-refractivity contribution < 1.29 is 28.2 Å². The Hall–Kier alpha value is -3.68. The fourth-order valence-electron chi connectivity index (χ4n) is 3.58. The smallest absolute Gasteiger partial charge is 0.417 e. The number of hydrogen-bond donors (Lipinski definition) is 1. The molecule has 8 heteroatoms. The Morgan fingerprint density at radius 3 is 2.50 bits per heavy atom. The topological polar surface area (TPSA) is 84.9 Å². The zero-order valence-corrected chi connectivity index (χ0v) is 19.5. The molecule has 2 aromatic carbocycles. The molecule has 34 heavy (non-hydrogen) atoms. The Morgan fingerprint density at radius 1 is 1.18 bits per heavy atom. The van der Waals surface area contributed by atoms with Gasteiger partial charge in [-0.3, -0.25) is 4.79 Å². The van der Waals surface area contributed by atoms with Crippen LogP contribution in [0.25, 0.3) is 0 Å². The van der Waals surface area contributed by atoms with E-state index in [1.165, 1.54) is 18.2 Å². The summed E-state index contributed by atoms with van der Waals surface area (Å²) in [5.74, 6) is -0.902. The van der Waals surface area contributed by atoms with Crippen molar-refractivity contribution in [2.45, 2.75) is 51.3 Å². The summed E-state index contributed by atoms with van der Waals surface area (Å²) in [6.07, 6.45) is 2.26. The predicted octanol–water partition coefficient (Wildman–Crippen LogP) is 4.93. The number of cyclic esters (lactones) is 1. The van der Waals surface area contributed by atoms with E-state index in [0.29, 0.717) is 12.0 Å². The van der Waals surface area contributed by atoms with Crippen LogP contribution >= 0.6 is 0 Å². The number of amides is 3. The van der Waals surface area contributed by atoms with Crippen LogP contribution in [0.3, 0.4) is 0 Å². The van der Waals surface area contributed by atoms with Crippen LogP contribution in [0.1, 0.15) is 44.4 Å². The van der Waals surface area contributed by atoms with Crippen molar-refractivity contribution in [2.24, 2.45) is 0 Å². The Morgan fingerprint density at radius 2 is 1.85 bits per heavy atom. The van der Waals surface area contributed by atoms with Crippen LogP contribution in [0.4, 0.5) is 14.0 Å². The van der Waals surface area contributed by atoms with Gasteiger partial charge in [-0.25, -0.2) is 18.9 Å². The van der Waals surface area contributed by atoms with Crippen LogP contribution in [0, 0.1) is 5.82 Å². The minimum absolute atomic E-state index is 0.131. The van der Waals surface area contributed by atoms with E-state index in [4.69, 9.17) is 9.47 Å². The molecular weight excluding hydrogens is 439 g/mol. The van der Waals surface area contributed by atoms with Crippen molar-refractivity contribution in [1.29, 1.82) is 0 Å². The lowest BCUT2D eigenvalue weighted by Gasteiger charge is -2.23. The average Bonchev–Trinajstić information content (AvgIpc) is 3.13. The molecule has 0 saturated carbocycles. The average molecular weight is 469 g/mol. The van der Waals surface area contributed by atoms with Gasteiger partial charge >= 0.3 is 12.2 Å². The molecule has 1 fully saturated rings. The van der Waals surface area contributed by atoms with Gasteiger partial charge in [0.2, 0.25) is 0 Å². The Labute approximate surface area is 198 Å². The van der Waals surface area contributed by atoms with Crippen molar-refractivity contribution >= 4 is 18.1 Å². The van der Waals surface area contributed by atoms with Crippen LogP contribution in [0.15, 0.2) is 66.7 Å². The number of carbonyl (C=O) groups is 3. The molecule has 0 unspecified atom stereocenters. The minimum atomic E-state index is -0.687. The maximum atomic E-state index is 13.4. The number of rotatable bonds is 7. The van der Waals surface area contributed by atoms with Gasteiger partial charge in [0.15, 0.2) is 0 Å². The standard InChI is InChI=1S/C26H29FN2O5/c1-26(2,3)34-24(31)28-22(19-12-14-20(27)15-13-19)10-7-11-23(30)29-21(17-33-25(29)32)16-18-8-5-4-6-9-18/h4-9,11-15,21-22H,10,16-17H2,1-3H3,(H,28,31)/b11-7+/t21-,22-/m1/s1. The first-order chi connectivity index (χ1) is 16.1. The fraction of sp³-hybridized carbons (Fsp3) is 0.346. The highest BCUT2D eigenvalue weighted by Gasteiger charge is 2.36. The maximum Gasteiger partial charge on any atom is 0.417 e. The number of ether oxygens (including phenoxy) is 2. The molecule has 3 amide bonds. The molecule has 7 nitrogen and oxygen atoms in total. The number of benzene rings is 2. The first-order valence-electron chi connectivity index (χ1n) is 11.1. The van der Waals surface area contributed by atoms with E-state index in [1.54, 1.807) is 39.0 Å². The van der Waals surface area contributed by atoms with E-state index in [0.717, 1.165) is 10.5 Å². The normalized spacial score (nSPS) is 16.9. The fourth-order valence-corrected chi connectivity index (χ4v) is 3.58. The molecular formula is C26H29FN2O5. The van der Waals surface area contributed by atoms with Crippen molar-refractivity contribution in [2.75, 3.05) is 6.61 Å². The molecule has 1 aliphatic rings. The van der Waals surface area contributed by atoms with E-state index in [-0.39, 0.29) is 13.0 Å². The summed E-state index contributed by atoms with van der Waals surface area (Å²) in [6.45, 7) is 5.38. The molecule has 0 aromatic heterocycles. The molecule has 180 valence electrons. The van der Waals surface area contributed by atoms with Gasteiger partial charge in [-0.1, -0.05) is 48.5 Å². The summed E-state index contributed by atoms with van der Waals surface area (Å²) < 4.78 is 23.8. The lowest BCUT2D eigenvalue weighted by atomic mass is 10.0. The number of imide groups is 1. The third-order valence-electron chi connectivity index (χ3n) is 5.11. The molecule has 0 radical (unpaired) electrons. The number of alkyl carbamates (subject to hydrolysis) is 1. The van der Waals surface area contributed by atoms with Gasteiger partial charge in [-0.15, -0.1) is 0 Å². The summed E-state index contributed by atoms with van der Waals surface area (Å²) in [4.78, 5) is 38.4. The number of nitrogens with zero attached hydrogens (tertiary/aromatic N) is 1. The molecule has 3 rings (SSSR count). The number of hydrogen-bond acceptors (Lipinski definition) is 5. The molecule has 1 N–H and O–H groups in total. The van der Waals surface area contributed by atoms with Gasteiger partial charge in [0.1, 0.15) is 18.0 Å². The van der Waals surface area contributed by atoms with Crippen LogP contribution in [-0.2, 0) is 20.7 Å². The van der Waals surface area contributed by atoms with E-state index in [1.807, 2.05) is 30.3 Å². The first-order valence-corrected chi connectivity index (χ1v) is 11.1. The number of carbonyl (C=O) groups excluding carboxylic acids is 3. The SMILES string of the molecule is CC(C)(C)OC(=O)N[C@H](C/C=C/C(=O)N1C(=O)OC[C@H]1Cc1ccccc1)c1ccc(F)cc1. The van der Waals surface area contributed by atoms with Gasteiger partial charge in [-0.05, 0) is 62.9 Å². The minimum Gasteiger partial charge on any atom is -0.447 e. The third kappa shape index (κ3) is 7.16. The van der Waals surface area contributed by atoms with E-state index >= 15 is 0 Å². The van der Waals surface area contributed by atoms with Crippen LogP contribution < -0.4 is 5.32 Å². The molecule has 0 bridgehead atoms. The summed E-state index contributed by atoms with van der Waals surface area (Å²) in [6, 6.07) is 14.3. The highest BCUT2D eigenvalue weighted by Crippen LogP contribution is 2.21. The van der Waals surface area contributed by atoms with Crippen molar-refractivity contribution in [3.8, 4) is 0 Å². The van der Waals surface area contributed by atoms with Crippen molar-refractivity contribution in [3.05, 3.63) is 83.7 Å². The van der Waals surface area contributed by atoms with Crippen molar-refractivity contribution in [1.82, 2.24) is 10.2 Å². The second-order valence-electron chi connectivity index (χ2n) is 9.02. The van der Waals surface area contributed by atoms with Crippen LogP contribution in [-0.4, -0.2) is 41.2 Å². The van der Waals surface area contributed by atoms with Gasteiger partial charge in [0.25, 0.3) is 5.91 Å². The maximum absolute atomic E-state index is 13.4. The lowest BCUT2D eigenvalue weighted by Crippen LogP contribution is -2.39. The van der Waals surface area contributed by atoms with Crippen LogP contribution in [0.5, 0.6) is 0 Å². The monoisotopic (exact) mass is 468 g/mol. The Kier molecular flexibility index (Phi) is 8.04. The lowest BCUT2D eigenvalue weighted by molar-refractivity contribution is -0.124. The van der Waals surface area contributed by atoms with E-state index in [9.17, 15) is 18.8 Å².